The predicted molar refractivity (Wildman–Crippen MR) is 99.5 cm³/mol. The van der Waals surface area contributed by atoms with Crippen LogP contribution in [0.4, 0.5) is 0 Å². The van der Waals surface area contributed by atoms with E-state index in [2.05, 4.69) is 0 Å². The molecule has 0 spiro atoms. The first-order chi connectivity index (χ1) is 12.7. The van der Waals surface area contributed by atoms with Crippen LogP contribution in [0, 0.1) is 11.8 Å². The molecule has 0 aromatic carbocycles. The number of piperidine rings is 1. The van der Waals surface area contributed by atoms with Gasteiger partial charge in [0.15, 0.2) is 0 Å². The third kappa shape index (κ3) is 3.92. The third-order valence-corrected chi connectivity index (χ3v) is 5.97. The van der Waals surface area contributed by atoms with Gasteiger partial charge in [0.25, 0.3) is 0 Å². The molecule has 5 heteroatoms. The number of aromatic nitrogens is 1. The molecule has 1 saturated heterocycles. The Kier molecular flexibility index (Phi) is 5.23. The largest absolute Gasteiger partial charge is 0.342 e. The lowest BCUT2D eigenvalue weighted by Crippen LogP contribution is -2.45. The molecule has 2 saturated carbocycles. The summed E-state index contributed by atoms with van der Waals surface area (Å²) >= 11 is 0. The van der Waals surface area contributed by atoms with Gasteiger partial charge in [-0.25, -0.2) is 0 Å². The highest BCUT2D eigenvalue weighted by molar-refractivity contribution is 5.84. The van der Waals surface area contributed by atoms with Gasteiger partial charge in [0.05, 0.1) is 12.0 Å². The fourth-order valence-electron chi connectivity index (χ4n) is 4.29. The van der Waals surface area contributed by atoms with Crippen molar-refractivity contribution in [3.05, 3.63) is 29.9 Å². The van der Waals surface area contributed by atoms with Gasteiger partial charge < -0.3 is 4.90 Å². The molecule has 3 aliphatic rings. The summed E-state index contributed by atoms with van der Waals surface area (Å²) in [6.07, 6.45) is 11.7. The molecular weight excluding hydrogens is 326 g/mol. The zero-order valence-electron chi connectivity index (χ0n) is 15.5. The monoisotopic (exact) mass is 355 g/mol. The second-order valence-corrected chi connectivity index (χ2v) is 8.09. The van der Waals surface area contributed by atoms with Gasteiger partial charge in [-0.15, -0.1) is 0 Å². The lowest BCUT2D eigenvalue weighted by Gasteiger charge is -2.32. The Balaban J connectivity index is 1.52. The van der Waals surface area contributed by atoms with Gasteiger partial charge in [-0.3, -0.25) is 19.1 Å². The van der Waals surface area contributed by atoms with E-state index < -0.39 is 0 Å². The van der Waals surface area contributed by atoms with Gasteiger partial charge in [-0.05, 0) is 50.7 Å². The van der Waals surface area contributed by atoms with Gasteiger partial charge >= 0.3 is 0 Å². The van der Waals surface area contributed by atoms with Crippen LogP contribution in [0.15, 0.2) is 29.4 Å². The normalized spacial score (nSPS) is 25.3. The fraction of sp³-hybridized carbons (Fsp3) is 0.667. The number of pyridine rings is 1. The minimum atomic E-state index is -0.112. The summed E-state index contributed by atoms with van der Waals surface area (Å²) in [5.74, 6) is 0.463. The Morgan fingerprint density at radius 2 is 1.69 bits per heavy atom. The first-order valence-electron chi connectivity index (χ1n) is 10.3. The van der Waals surface area contributed by atoms with E-state index in [9.17, 15) is 9.59 Å². The first kappa shape index (κ1) is 17.5. The zero-order chi connectivity index (χ0) is 17.9. The number of amides is 1. The molecule has 1 aliphatic heterocycles. The summed E-state index contributed by atoms with van der Waals surface area (Å²) in [5.41, 5.74) is 0.773. The van der Waals surface area contributed by atoms with Crippen LogP contribution in [0.2, 0.25) is 0 Å². The minimum absolute atomic E-state index is 0.0912. The van der Waals surface area contributed by atoms with Crippen molar-refractivity contribution in [3.8, 4) is 0 Å². The molecule has 4 rings (SSSR count). The maximum absolute atomic E-state index is 13.2. The Bertz CT molecular complexity index is 729. The van der Waals surface area contributed by atoms with Crippen molar-refractivity contribution in [3.63, 3.8) is 0 Å². The van der Waals surface area contributed by atoms with Crippen molar-refractivity contribution in [2.24, 2.45) is 16.8 Å². The van der Waals surface area contributed by atoms with E-state index in [4.69, 9.17) is 4.99 Å². The van der Waals surface area contributed by atoms with Crippen LogP contribution < -0.4 is 5.49 Å². The van der Waals surface area contributed by atoms with Crippen LogP contribution in [0.3, 0.4) is 0 Å². The van der Waals surface area contributed by atoms with E-state index in [-0.39, 0.29) is 23.7 Å². The second kappa shape index (κ2) is 7.77. The average Bonchev–Trinajstić information content (AvgIpc) is 3.53. The third-order valence-electron chi connectivity index (χ3n) is 5.97. The molecule has 0 unspecified atom stereocenters. The van der Waals surface area contributed by atoms with Crippen LogP contribution in [0.25, 0.3) is 0 Å². The predicted octanol–water partition coefficient (Wildman–Crippen LogP) is 3.01. The summed E-state index contributed by atoms with van der Waals surface area (Å²) in [6, 6.07) is 6.13. The Morgan fingerprint density at radius 3 is 2.46 bits per heavy atom. The van der Waals surface area contributed by atoms with Crippen LogP contribution in [0.5, 0.6) is 0 Å². The first-order valence-corrected chi connectivity index (χ1v) is 10.3. The molecule has 1 aromatic rings. The van der Waals surface area contributed by atoms with E-state index in [1.54, 1.807) is 4.57 Å². The van der Waals surface area contributed by atoms with Crippen molar-refractivity contribution in [2.45, 2.75) is 63.8 Å². The fourth-order valence-corrected chi connectivity index (χ4v) is 4.29. The van der Waals surface area contributed by atoms with Crippen LogP contribution in [0.1, 0.15) is 62.6 Å². The number of rotatable bonds is 3. The highest BCUT2D eigenvalue weighted by Gasteiger charge is 2.37. The quantitative estimate of drug-likeness (QED) is 0.837. The number of nitrogens with zero attached hydrogens (tertiary/aromatic N) is 3. The molecule has 1 aromatic heterocycles. The van der Waals surface area contributed by atoms with Crippen molar-refractivity contribution in [1.29, 1.82) is 0 Å². The lowest BCUT2D eigenvalue weighted by molar-refractivity contribution is -0.134. The summed E-state index contributed by atoms with van der Waals surface area (Å²) in [6.45, 7) is 1.37. The van der Waals surface area contributed by atoms with Crippen LogP contribution >= 0.6 is 0 Å². The van der Waals surface area contributed by atoms with E-state index in [1.165, 1.54) is 19.3 Å². The number of hydrogen-bond donors (Lipinski definition) is 0. The SMILES string of the molecule is O=C(C1CC1)N1CCC[C@@H](C(=O)n2ccccc2=NC2CCCCC2)C1. The summed E-state index contributed by atoms with van der Waals surface area (Å²) in [5, 5.41) is 0. The maximum atomic E-state index is 13.2. The molecule has 2 heterocycles. The molecule has 1 atom stereocenters. The highest BCUT2D eigenvalue weighted by Crippen LogP contribution is 2.32. The summed E-state index contributed by atoms with van der Waals surface area (Å²) in [7, 11) is 0. The molecular formula is C21H29N3O2. The van der Waals surface area contributed by atoms with Gasteiger partial charge in [0, 0.05) is 25.2 Å². The lowest BCUT2D eigenvalue weighted by atomic mass is 9.96. The Labute approximate surface area is 155 Å². The van der Waals surface area contributed by atoms with Crippen molar-refractivity contribution >= 4 is 11.8 Å². The van der Waals surface area contributed by atoms with Crippen LogP contribution in [-0.4, -0.2) is 40.4 Å². The number of hydrogen-bond acceptors (Lipinski definition) is 3. The Hall–Kier alpha value is -1.91. The molecule has 1 amide bonds. The van der Waals surface area contributed by atoms with Gasteiger partial charge in [0.2, 0.25) is 11.8 Å². The van der Waals surface area contributed by atoms with E-state index >= 15 is 0 Å². The van der Waals surface area contributed by atoms with Crippen molar-refractivity contribution in [2.75, 3.05) is 13.1 Å². The van der Waals surface area contributed by atoms with E-state index in [1.807, 2.05) is 29.3 Å². The van der Waals surface area contributed by atoms with E-state index in [0.717, 1.165) is 50.6 Å². The maximum Gasteiger partial charge on any atom is 0.237 e. The molecule has 5 nitrogen and oxygen atoms in total. The average molecular weight is 355 g/mol. The minimum Gasteiger partial charge on any atom is -0.342 e. The standard InChI is InChI=1S/C21H29N3O2/c25-20(16-11-12-16)23-13-6-7-17(15-23)21(26)24-14-5-4-10-19(24)22-18-8-2-1-3-9-18/h4-5,10,14,16-18H,1-3,6-9,11-13,15H2/t17-/m1/s1. The molecule has 3 fully saturated rings. The molecule has 0 bridgehead atoms. The Morgan fingerprint density at radius 1 is 0.885 bits per heavy atom. The smallest absolute Gasteiger partial charge is 0.237 e. The molecule has 0 radical (unpaired) electrons. The number of carbonyl (C=O) groups is 2. The van der Waals surface area contributed by atoms with Gasteiger partial charge in [-0.1, -0.05) is 25.3 Å². The van der Waals surface area contributed by atoms with E-state index in [0.29, 0.717) is 12.6 Å². The van der Waals surface area contributed by atoms with Crippen LogP contribution in [-0.2, 0) is 4.79 Å². The van der Waals surface area contributed by atoms with Gasteiger partial charge in [0.1, 0.15) is 5.49 Å². The summed E-state index contributed by atoms with van der Waals surface area (Å²) < 4.78 is 1.73. The molecule has 26 heavy (non-hydrogen) atoms. The number of likely N-dealkylation sites (tertiary alicyclic amines) is 1. The number of carbonyl (C=O) groups excluding carboxylic acids is 2. The molecule has 2 aliphatic carbocycles. The van der Waals surface area contributed by atoms with Crippen molar-refractivity contribution < 1.29 is 9.59 Å². The molecule has 140 valence electrons. The zero-order valence-corrected chi connectivity index (χ0v) is 15.5. The second-order valence-electron chi connectivity index (χ2n) is 8.09. The highest BCUT2D eigenvalue weighted by atomic mass is 16.2. The van der Waals surface area contributed by atoms with Gasteiger partial charge in [-0.2, -0.15) is 0 Å². The van der Waals surface area contributed by atoms with Crippen molar-refractivity contribution in [1.82, 2.24) is 9.47 Å². The molecule has 0 N–H and O–H groups in total. The topological polar surface area (TPSA) is 54.7 Å². The summed E-state index contributed by atoms with van der Waals surface area (Å²) in [4.78, 5) is 32.4.